The van der Waals surface area contributed by atoms with Crippen molar-refractivity contribution < 1.29 is 9.90 Å². The number of aliphatic hydroxyl groups is 1. The Morgan fingerprint density at radius 2 is 2.05 bits per heavy atom. The molecule has 3 heteroatoms. The molecule has 1 aliphatic rings. The zero-order chi connectivity index (χ0) is 15.2. The third-order valence-electron chi connectivity index (χ3n) is 4.22. The molecule has 1 amide bonds. The van der Waals surface area contributed by atoms with Crippen LogP contribution in [0.1, 0.15) is 42.4 Å². The van der Waals surface area contributed by atoms with Crippen molar-refractivity contribution in [1.29, 1.82) is 0 Å². The maximum Gasteiger partial charge on any atom is 0.246 e. The number of aryl methyl sites for hydroxylation is 2. The fourth-order valence-corrected chi connectivity index (χ4v) is 3.07. The molecule has 0 radical (unpaired) electrons. The number of aliphatic hydroxyl groups excluding tert-OH is 1. The van der Waals surface area contributed by atoms with Gasteiger partial charge in [-0.2, -0.15) is 0 Å². The summed E-state index contributed by atoms with van der Waals surface area (Å²) in [6.45, 7) is 4.58. The fraction of sp³-hybridized carbons (Fsp3) is 0.500. The van der Waals surface area contributed by atoms with Gasteiger partial charge in [0.25, 0.3) is 0 Å². The molecule has 114 valence electrons. The van der Waals surface area contributed by atoms with Gasteiger partial charge in [0.15, 0.2) is 0 Å². The van der Waals surface area contributed by atoms with Crippen LogP contribution in [0.5, 0.6) is 0 Å². The van der Waals surface area contributed by atoms with E-state index >= 15 is 0 Å². The van der Waals surface area contributed by atoms with Gasteiger partial charge >= 0.3 is 0 Å². The molecular formula is C18H25NO2. The van der Waals surface area contributed by atoms with E-state index in [1.165, 1.54) is 24.0 Å². The van der Waals surface area contributed by atoms with Crippen LogP contribution in [0.25, 0.3) is 6.08 Å². The Morgan fingerprint density at radius 3 is 2.67 bits per heavy atom. The lowest BCUT2D eigenvalue weighted by atomic mass is 10.1. The van der Waals surface area contributed by atoms with Crippen LogP contribution in [-0.2, 0) is 4.79 Å². The van der Waals surface area contributed by atoms with Crippen LogP contribution in [0.4, 0.5) is 0 Å². The Hall–Kier alpha value is -1.61. The number of carbonyl (C=O) groups is 1. The molecule has 0 aromatic heterocycles. The number of rotatable bonds is 5. The van der Waals surface area contributed by atoms with Gasteiger partial charge in [0.05, 0.1) is 6.61 Å². The van der Waals surface area contributed by atoms with Crippen LogP contribution in [0.15, 0.2) is 24.3 Å². The summed E-state index contributed by atoms with van der Waals surface area (Å²) in [5.41, 5.74) is 3.47. The standard InChI is InChI=1S/C18H25NO2/c1-14-7-8-16(15(2)13-14)9-10-18(21)19(11-12-20)17-5-3-4-6-17/h7-10,13,17,20H,3-6,11-12H2,1-2H3. The van der Waals surface area contributed by atoms with Gasteiger partial charge in [0, 0.05) is 18.7 Å². The molecule has 1 N–H and O–H groups in total. The first-order chi connectivity index (χ1) is 10.1. The van der Waals surface area contributed by atoms with E-state index in [4.69, 9.17) is 0 Å². The van der Waals surface area contributed by atoms with Gasteiger partial charge in [-0.3, -0.25) is 4.79 Å². The zero-order valence-electron chi connectivity index (χ0n) is 13.0. The highest BCUT2D eigenvalue weighted by Crippen LogP contribution is 2.23. The maximum atomic E-state index is 12.4. The van der Waals surface area contributed by atoms with Crippen molar-refractivity contribution >= 4 is 12.0 Å². The van der Waals surface area contributed by atoms with Crippen LogP contribution < -0.4 is 0 Å². The van der Waals surface area contributed by atoms with E-state index in [1.54, 1.807) is 6.08 Å². The van der Waals surface area contributed by atoms with Crippen molar-refractivity contribution in [3.05, 3.63) is 41.0 Å². The number of amides is 1. The Bertz CT molecular complexity index is 516. The van der Waals surface area contributed by atoms with Crippen LogP contribution in [0, 0.1) is 13.8 Å². The van der Waals surface area contributed by atoms with Crippen LogP contribution >= 0.6 is 0 Å². The number of nitrogens with zero attached hydrogens (tertiary/aromatic N) is 1. The Balaban J connectivity index is 2.08. The van der Waals surface area contributed by atoms with Crippen molar-refractivity contribution in [3.8, 4) is 0 Å². The highest BCUT2D eigenvalue weighted by molar-refractivity contribution is 5.92. The summed E-state index contributed by atoms with van der Waals surface area (Å²) in [4.78, 5) is 14.2. The molecule has 0 saturated heterocycles. The van der Waals surface area contributed by atoms with Crippen LogP contribution in [0.3, 0.4) is 0 Å². The second-order valence-electron chi connectivity index (χ2n) is 5.89. The lowest BCUT2D eigenvalue weighted by Crippen LogP contribution is -2.39. The first-order valence-electron chi connectivity index (χ1n) is 7.78. The largest absolute Gasteiger partial charge is 0.395 e. The third-order valence-corrected chi connectivity index (χ3v) is 4.22. The maximum absolute atomic E-state index is 12.4. The molecule has 1 saturated carbocycles. The first-order valence-corrected chi connectivity index (χ1v) is 7.78. The number of benzene rings is 1. The SMILES string of the molecule is Cc1ccc(C=CC(=O)N(CCO)C2CCCC2)c(C)c1. The minimum Gasteiger partial charge on any atom is -0.395 e. The van der Waals surface area contributed by atoms with Gasteiger partial charge < -0.3 is 10.0 Å². The van der Waals surface area contributed by atoms with Crippen molar-refractivity contribution in [3.63, 3.8) is 0 Å². The first kappa shape index (κ1) is 15.8. The third kappa shape index (κ3) is 4.18. The van der Waals surface area contributed by atoms with Crippen LogP contribution in [-0.4, -0.2) is 35.1 Å². The van der Waals surface area contributed by atoms with E-state index in [2.05, 4.69) is 26.0 Å². The molecule has 1 fully saturated rings. The summed E-state index contributed by atoms with van der Waals surface area (Å²) < 4.78 is 0. The molecule has 3 nitrogen and oxygen atoms in total. The van der Waals surface area contributed by atoms with E-state index in [9.17, 15) is 9.90 Å². The van der Waals surface area contributed by atoms with Crippen molar-refractivity contribution in [1.82, 2.24) is 4.90 Å². The number of carbonyl (C=O) groups excluding carboxylic acids is 1. The van der Waals surface area contributed by atoms with Gasteiger partial charge in [-0.05, 0) is 43.9 Å². The number of hydrogen-bond acceptors (Lipinski definition) is 2. The molecule has 0 spiro atoms. The second-order valence-corrected chi connectivity index (χ2v) is 5.89. The Morgan fingerprint density at radius 1 is 1.33 bits per heavy atom. The topological polar surface area (TPSA) is 40.5 Å². The van der Waals surface area contributed by atoms with Gasteiger partial charge in [-0.1, -0.05) is 36.6 Å². The molecule has 0 atom stereocenters. The summed E-state index contributed by atoms with van der Waals surface area (Å²) in [5.74, 6) is 0.0101. The molecular weight excluding hydrogens is 262 g/mol. The smallest absolute Gasteiger partial charge is 0.246 e. The predicted molar refractivity (Wildman–Crippen MR) is 86.0 cm³/mol. The lowest BCUT2D eigenvalue weighted by Gasteiger charge is -2.27. The van der Waals surface area contributed by atoms with E-state index in [1.807, 2.05) is 17.0 Å². The minimum absolute atomic E-state index is 0.0101. The van der Waals surface area contributed by atoms with E-state index in [-0.39, 0.29) is 12.5 Å². The van der Waals surface area contributed by atoms with E-state index in [0.29, 0.717) is 12.6 Å². The molecule has 1 aromatic carbocycles. The monoisotopic (exact) mass is 287 g/mol. The summed E-state index contributed by atoms with van der Waals surface area (Å²) >= 11 is 0. The van der Waals surface area contributed by atoms with Crippen molar-refractivity contribution in [2.24, 2.45) is 0 Å². The lowest BCUT2D eigenvalue weighted by molar-refractivity contribution is -0.128. The summed E-state index contributed by atoms with van der Waals surface area (Å²) in [6.07, 6.45) is 8.01. The summed E-state index contributed by atoms with van der Waals surface area (Å²) in [6, 6.07) is 6.51. The predicted octanol–water partition coefficient (Wildman–Crippen LogP) is 3.08. The average molecular weight is 287 g/mol. The van der Waals surface area contributed by atoms with Crippen molar-refractivity contribution in [2.45, 2.75) is 45.6 Å². The Labute approximate surface area is 127 Å². The highest BCUT2D eigenvalue weighted by atomic mass is 16.3. The average Bonchev–Trinajstić information content (AvgIpc) is 2.97. The summed E-state index contributed by atoms with van der Waals surface area (Å²) in [7, 11) is 0. The van der Waals surface area contributed by atoms with Crippen LogP contribution in [0.2, 0.25) is 0 Å². The molecule has 0 bridgehead atoms. The molecule has 21 heavy (non-hydrogen) atoms. The minimum atomic E-state index is 0.0101. The molecule has 1 aliphatic carbocycles. The summed E-state index contributed by atoms with van der Waals surface area (Å²) in [5, 5.41) is 9.19. The molecule has 0 unspecified atom stereocenters. The normalized spacial score (nSPS) is 15.8. The molecule has 0 aliphatic heterocycles. The molecule has 2 rings (SSSR count). The number of hydrogen-bond donors (Lipinski definition) is 1. The second kappa shape index (κ2) is 7.41. The van der Waals surface area contributed by atoms with E-state index < -0.39 is 0 Å². The quantitative estimate of drug-likeness (QED) is 0.845. The van der Waals surface area contributed by atoms with Gasteiger partial charge in [0.2, 0.25) is 5.91 Å². The molecule has 1 aromatic rings. The van der Waals surface area contributed by atoms with Gasteiger partial charge in [0.1, 0.15) is 0 Å². The Kier molecular flexibility index (Phi) is 5.57. The zero-order valence-corrected chi connectivity index (χ0v) is 13.0. The van der Waals surface area contributed by atoms with Gasteiger partial charge in [-0.15, -0.1) is 0 Å². The van der Waals surface area contributed by atoms with E-state index in [0.717, 1.165) is 18.4 Å². The fourth-order valence-electron chi connectivity index (χ4n) is 3.07. The highest BCUT2D eigenvalue weighted by Gasteiger charge is 2.24. The van der Waals surface area contributed by atoms with Crippen molar-refractivity contribution in [2.75, 3.05) is 13.2 Å². The van der Waals surface area contributed by atoms with Gasteiger partial charge in [-0.25, -0.2) is 0 Å². The molecule has 0 heterocycles.